The van der Waals surface area contributed by atoms with Crippen molar-refractivity contribution in [1.29, 1.82) is 0 Å². The van der Waals surface area contributed by atoms with Crippen LogP contribution in [0.2, 0.25) is 0 Å². The number of para-hydroxylation sites is 2. The fraction of sp³-hybridized carbons (Fsp3) is 0.111. The molecule has 122 valence electrons. The van der Waals surface area contributed by atoms with Gasteiger partial charge in [-0.05, 0) is 31.2 Å². The Labute approximate surface area is 147 Å². The van der Waals surface area contributed by atoms with E-state index in [0.29, 0.717) is 17.2 Å². The number of nitrogens with one attached hydrogen (secondary N) is 1. The zero-order valence-corrected chi connectivity index (χ0v) is 14.7. The molecule has 0 radical (unpaired) electrons. The molecule has 0 aliphatic heterocycles. The lowest BCUT2D eigenvalue weighted by molar-refractivity contribution is 0.0533. The zero-order valence-electron chi connectivity index (χ0n) is 13.1. The van der Waals surface area contributed by atoms with Crippen LogP contribution in [-0.2, 0) is 4.74 Å². The summed E-state index contributed by atoms with van der Waals surface area (Å²) in [7, 11) is 2.83. The van der Waals surface area contributed by atoms with Gasteiger partial charge in [0.05, 0.1) is 12.3 Å². The summed E-state index contributed by atoms with van der Waals surface area (Å²) in [5.74, 6) is -0.327. The number of nitrogens with zero attached hydrogens (tertiary/aromatic N) is 1. The summed E-state index contributed by atoms with van der Waals surface area (Å²) < 4.78 is 5.93. The van der Waals surface area contributed by atoms with Gasteiger partial charge in [0.1, 0.15) is 10.6 Å². The molecule has 6 heteroatoms. The highest BCUT2D eigenvalue weighted by Gasteiger charge is 2.18. The molecule has 0 saturated carbocycles. The van der Waals surface area contributed by atoms with Crippen molar-refractivity contribution >= 4 is 43.7 Å². The van der Waals surface area contributed by atoms with Crippen molar-refractivity contribution < 1.29 is 9.53 Å². The average Bonchev–Trinajstić information content (AvgIpc) is 2.99. The molecule has 0 saturated heterocycles. The van der Waals surface area contributed by atoms with Crippen LogP contribution in [0.1, 0.15) is 16.6 Å². The number of hydrogen-bond donors (Lipinski definition) is 1. The zero-order chi connectivity index (χ0) is 16.8. The molecular weight excluding hydrogens is 340 g/mol. The summed E-state index contributed by atoms with van der Waals surface area (Å²) in [5, 5.41) is 3.31. The molecule has 3 aromatic rings. The number of benzene rings is 2. The van der Waals surface area contributed by atoms with Crippen LogP contribution in [0.3, 0.4) is 0 Å². The number of ether oxygens (including phenoxy) is 1. The van der Waals surface area contributed by atoms with E-state index in [4.69, 9.17) is 4.74 Å². The lowest BCUT2D eigenvalue weighted by Gasteiger charge is -2.06. The molecule has 0 unspecified atom stereocenters. The minimum absolute atomic E-state index is 0.327. The summed E-state index contributed by atoms with van der Waals surface area (Å²) >= 11 is 0. The third-order valence-corrected chi connectivity index (χ3v) is 5.43. The van der Waals surface area contributed by atoms with Gasteiger partial charge in [0.15, 0.2) is 4.67 Å². The summed E-state index contributed by atoms with van der Waals surface area (Å²) in [5.41, 5.74) is 2.44. The molecule has 0 atom stereocenters. The quantitative estimate of drug-likeness (QED) is 0.519. The highest BCUT2D eigenvalue weighted by Crippen LogP contribution is 2.26. The van der Waals surface area contributed by atoms with Crippen LogP contribution in [-0.4, -0.2) is 12.6 Å². The van der Waals surface area contributed by atoms with E-state index in [1.165, 1.54) is 20.7 Å². The van der Waals surface area contributed by atoms with Crippen molar-refractivity contribution in [3.8, 4) is 0 Å². The van der Waals surface area contributed by atoms with Crippen LogP contribution in [0.5, 0.6) is 0 Å². The first kappa shape index (κ1) is 16.4. The maximum atomic E-state index is 12.2. The summed E-state index contributed by atoms with van der Waals surface area (Å²) in [6, 6.07) is 19.4. The number of carbonyl (C=O) groups is 1. The summed E-state index contributed by atoms with van der Waals surface area (Å²) in [4.78, 5) is 17.4. The molecular formula is C18H16N2O2S2. The van der Waals surface area contributed by atoms with Gasteiger partial charge in [-0.3, -0.25) is 0 Å². The lowest BCUT2D eigenvalue weighted by atomic mass is 10.3. The van der Waals surface area contributed by atoms with E-state index < -0.39 is 0 Å². The van der Waals surface area contributed by atoms with Crippen LogP contribution in [0.15, 0.2) is 65.7 Å². The van der Waals surface area contributed by atoms with Crippen LogP contribution in [0.25, 0.3) is 0 Å². The third kappa shape index (κ3) is 3.90. The van der Waals surface area contributed by atoms with E-state index in [-0.39, 0.29) is 5.97 Å². The Balaban J connectivity index is 2.06. The number of carbonyl (C=O) groups excluding carboxylic acids is 1. The number of hydrogen-bond acceptors (Lipinski definition) is 6. The minimum Gasteiger partial charge on any atom is -0.462 e. The Morgan fingerprint density at radius 3 is 2.38 bits per heavy atom. The smallest absolute Gasteiger partial charge is 0.351 e. The molecule has 0 bridgehead atoms. The molecule has 0 aliphatic carbocycles. The Hall–Kier alpha value is -2.44. The van der Waals surface area contributed by atoms with Gasteiger partial charge in [-0.25, -0.2) is 9.79 Å². The minimum atomic E-state index is -0.327. The second-order valence-corrected chi connectivity index (χ2v) is 6.96. The Morgan fingerprint density at radius 2 is 1.71 bits per heavy atom. The van der Waals surface area contributed by atoms with E-state index in [0.717, 1.165) is 16.0 Å². The summed E-state index contributed by atoms with van der Waals surface area (Å²) in [6.07, 6.45) is 0. The standard InChI is InChI=1S/C18H16N2O2S2/c1-2-22-18(21)16-15(19-13-9-5-3-6-10-13)17(24-23-16)20-14-11-7-4-8-12-14/h3-12,19H,2H2,1H3. The van der Waals surface area contributed by atoms with E-state index in [9.17, 15) is 4.79 Å². The predicted octanol–water partition coefficient (Wildman–Crippen LogP) is 4.96. The Morgan fingerprint density at radius 1 is 1.04 bits per heavy atom. The largest absolute Gasteiger partial charge is 0.462 e. The van der Waals surface area contributed by atoms with Crippen molar-refractivity contribution in [3.05, 3.63) is 70.2 Å². The average molecular weight is 356 g/mol. The van der Waals surface area contributed by atoms with Crippen LogP contribution < -0.4 is 9.99 Å². The van der Waals surface area contributed by atoms with E-state index in [2.05, 4.69) is 10.3 Å². The number of rotatable bonds is 5. The molecule has 3 rings (SSSR count). The Bertz CT molecular complexity index is 871. The van der Waals surface area contributed by atoms with Crippen molar-refractivity contribution in [2.75, 3.05) is 11.9 Å². The van der Waals surface area contributed by atoms with Crippen LogP contribution in [0, 0.1) is 0 Å². The Kier molecular flexibility index (Phi) is 5.40. The van der Waals surface area contributed by atoms with Crippen molar-refractivity contribution in [1.82, 2.24) is 0 Å². The highest BCUT2D eigenvalue weighted by atomic mass is 32.9. The topological polar surface area (TPSA) is 50.7 Å². The van der Waals surface area contributed by atoms with Gasteiger partial charge in [-0.2, -0.15) is 0 Å². The van der Waals surface area contributed by atoms with Gasteiger partial charge in [0.25, 0.3) is 0 Å². The molecule has 2 aromatic carbocycles. The first-order chi connectivity index (χ1) is 11.8. The van der Waals surface area contributed by atoms with Gasteiger partial charge in [-0.1, -0.05) is 57.1 Å². The molecule has 24 heavy (non-hydrogen) atoms. The van der Waals surface area contributed by atoms with Crippen LogP contribution in [0.4, 0.5) is 17.1 Å². The lowest BCUT2D eigenvalue weighted by Crippen LogP contribution is -2.10. The second kappa shape index (κ2) is 7.90. The fourth-order valence-electron chi connectivity index (χ4n) is 2.06. The molecule has 0 aliphatic rings. The van der Waals surface area contributed by atoms with E-state index >= 15 is 0 Å². The first-order valence-corrected chi connectivity index (χ1v) is 9.65. The molecule has 0 spiro atoms. The van der Waals surface area contributed by atoms with E-state index in [1.54, 1.807) is 6.92 Å². The van der Waals surface area contributed by atoms with Crippen molar-refractivity contribution in [3.63, 3.8) is 0 Å². The van der Waals surface area contributed by atoms with Crippen molar-refractivity contribution in [2.45, 2.75) is 6.92 Å². The van der Waals surface area contributed by atoms with Crippen LogP contribution >= 0.6 is 20.7 Å². The molecule has 1 heterocycles. The molecule has 1 N–H and O–H groups in total. The normalized spacial score (nSPS) is 11.3. The predicted molar refractivity (Wildman–Crippen MR) is 99.5 cm³/mol. The first-order valence-electron chi connectivity index (χ1n) is 7.50. The summed E-state index contributed by atoms with van der Waals surface area (Å²) in [6.45, 7) is 2.14. The fourth-order valence-corrected chi connectivity index (χ4v) is 4.33. The van der Waals surface area contributed by atoms with Gasteiger partial charge in [0, 0.05) is 5.69 Å². The van der Waals surface area contributed by atoms with Gasteiger partial charge < -0.3 is 10.1 Å². The van der Waals surface area contributed by atoms with Gasteiger partial charge >= 0.3 is 5.97 Å². The maximum Gasteiger partial charge on any atom is 0.351 e. The van der Waals surface area contributed by atoms with E-state index in [1.807, 2.05) is 60.7 Å². The maximum absolute atomic E-state index is 12.2. The third-order valence-electron chi connectivity index (χ3n) is 3.14. The molecule has 4 nitrogen and oxygen atoms in total. The second-order valence-electron chi connectivity index (χ2n) is 4.83. The molecule has 0 amide bonds. The number of anilines is 2. The monoisotopic (exact) mass is 356 g/mol. The van der Waals surface area contributed by atoms with Gasteiger partial charge in [-0.15, -0.1) is 0 Å². The molecule has 0 fully saturated rings. The molecule has 1 aromatic heterocycles. The van der Waals surface area contributed by atoms with Crippen molar-refractivity contribution in [2.24, 2.45) is 4.99 Å². The number of esters is 1. The highest BCUT2D eigenvalue weighted by molar-refractivity contribution is 7.69. The SMILES string of the molecule is CCOC(=O)c1ssc(=Nc2ccccc2)c1Nc1ccccc1. The van der Waals surface area contributed by atoms with Gasteiger partial charge in [0.2, 0.25) is 0 Å².